The Bertz CT molecular complexity index is 473. The minimum absolute atomic E-state index is 0.0280. The number of aliphatic hydroxyl groups excluding tert-OH is 1. The largest absolute Gasteiger partial charge is 0.461 e. The van der Waals surface area contributed by atoms with Crippen molar-refractivity contribution in [2.75, 3.05) is 0 Å². The first kappa shape index (κ1) is 15.8. The molecule has 0 radical (unpaired) electrons. The Labute approximate surface area is 120 Å². The predicted molar refractivity (Wildman–Crippen MR) is 69.1 cm³/mol. The van der Waals surface area contributed by atoms with Crippen molar-refractivity contribution in [1.29, 1.82) is 0 Å². The highest BCUT2D eigenvalue weighted by Gasteiger charge is 2.46. The van der Waals surface area contributed by atoms with Crippen LogP contribution in [-0.2, 0) is 16.1 Å². The van der Waals surface area contributed by atoms with Crippen molar-refractivity contribution in [3.63, 3.8) is 0 Å². The zero-order valence-corrected chi connectivity index (χ0v) is 11.3. The fourth-order valence-corrected chi connectivity index (χ4v) is 2.60. The third kappa shape index (κ3) is 4.46. The van der Waals surface area contributed by atoms with Crippen molar-refractivity contribution in [2.24, 2.45) is 11.8 Å². The van der Waals surface area contributed by atoms with Crippen LogP contribution < -0.4 is 0 Å². The monoisotopic (exact) mass is 302 g/mol. The van der Waals surface area contributed by atoms with Crippen LogP contribution in [0.2, 0.25) is 0 Å². The third-order valence-electron chi connectivity index (χ3n) is 3.70. The van der Waals surface area contributed by atoms with Gasteiger partial charge in [0, 0.05) is 0 Å². The molecule has 2 rings (SSSR count). The normalized spacial score (nSPS) is 26.4. The molecule has 0 aliphatic heterocycles. The molecule has 1 aromatic rings. The summed E-state index contributed by atoms with van der Waals surface area (Å²) < 4.78 is 43.3. The van der Waals surface area contributed by atoms with E-state index in [1.807, 2.05) is 6.07 Å². The summed E-state index contributed by atoms with van der Waals surface area (Å²) in [5, 5.41) is 9.54. The summed E-state index contributed by atoms with van der Waals surface area (Å²) in [7, 11) is 0. The molecule has 116 valence electrons. The number of alkyl halides is 3. The summed E-state index contributed by atoms with van der Waals surface area (Å²) in [6.45, 7) is 0.0307. The molecule has 1 saturated carbocycles. The molecular weight excluding hydrogens is 285 g/mol. The number of esters is 1. The van der Waals surface area contributed by atoms with Crippen LogP contribution in [0.1, 0.15) is 24.8 Å². The summed E-state index contributed by atoms with van der Waals surface area (Å²) in [4.78, 5) is 11.9. The van der Waals surface area contributed by atoms with Gasteiger partial charge >= 0.3 is 12.1 Å². The van der Waals surface area contributed by atoms with Crippen molar-refractivity contribution in [3.8, 4) is 0 Å². The second-order valence-corrected chi connectivity index (χ2v) is 5.39. The van der Waals surface area contributed by atoms with Gasteiger partial charge in [-0.1, -0.05) is 30.3 Å². The van der Waals surface area contributed by atoms with Gasteiger partial charge in [-0.25, -0.2) is 0 Å². The summed E-state index contributed by atoms with van der Waals surface area (Å²) in [6.07, 6.45) is -6.13. The average Bonchev–Trinajstić information content (AvgIpc) is 2.44. The summed E-state index contributed by atoms with van der Waals surface area (Å²) in [5.74, 6) is -3.22. The second kappa shape index (κ2) is 6.47. The molecule has 0 aromatic heterocycles. The molecule has 21 heavy (non-hydrogen) atoms. The van der Waals surface area contributed by atoms with Crippen LogP contribution in [0.15, 0.2) is 30.3 Å². The van der Waals surface area contributed by atoms with Crippen molar-refractivity contribution in [1.82, 2.24) is 0 Å². The number of hydrogen-bond acceptors (Lipinski definition) is 3. The first-order valence-corrected chi connectivity index (χ1v) is 6.81. The van der Waals surface area contributed by atoms with Crippen LogP contribution in [0.3, 0.4) is 0 Å². The SMILES string of the molecule is O=C(OCc1ccccc1)[C@H]1C[C@@H](O)C[C@@H](C(F)(F)F)C1. The second-order valence-electron chi connectivity index (χ2n) is 5.39. The van der Waals surface area contributed by atoms with E-state index in [-0.39, 0.29) is 25.9 Å². The van der Waals surface area contributed by atoms with Crippen molar-refractivity contribution in [2.45, 2.75) is 38.1 Å². The van der Waals surface area contributed by atoms with E-state index in [2.05, 4.69) is 0 Å². The molecule has 1 N–H and O–H groups in total. The lowest BCUT2D eigenvalue weighted by Crippen LogP contribution is -2.38. The lowest BCUT2D eigenvalue weighted by molar-refractivity contribution is -0.198. The van der Waals surface area contributed by atoms with E-state index in [0.717, 1.165) is 5.56 Å². The molecule has 1 fully saturated rings. The molecule has 0 bridgehead atoms. The molecule has 0 unspecified atom stereocenters. The molecule has 3 nitrogen and oxygen atoms in total. The van der Waals surface area contributed by atoms with Crippen LogP contribution in [0.5, 0.6) is 0 Å². The van der Waals surface area contributed by atoms with Gasteiger partial charge < -0.3 is 9.84 Å². The van der Waals surface area contributed by atoms with Crippen molar-refractivity contribution >= 4 is 5.97 Å². The van der Waals surface area contributed by atoms with Gasteiger partial charge in [0.2, 0.25) is 0 Å². The number of halogens is 3. The topological polar surface area (TPSA) is 46.5 Å². The highest BCUT2D eigenvalue weighted by molar-refractivity contribution is 5.72. The van der Waals surface area contributed by atoms with Crippen LogP contribution in [-0.4, -0.2) is 23.4 Å². The number of carbonyl (C=O) groups excluding carboxylic acids is 1. The molecule has 0 amide bonds. The van der Waals surface area contributed by atoms with Gasteiger partial charge in [0.25, 0.3) is 0 Å². The summed E-state index contributed by atoms with van der Waals surface area (Å²) in [6, 6.07) is 8.92. The van der Waals surface area contributed by atoms with Gasteiger partial charge in [0.15, 0.2) is 0 Å². The van der Waals surface area contributed by atoms with Crippen LogP contribution in [0.4, 0.5) is 13.2 Å². The molecule has 0 spiro atoms. The molecule has 0 heterocycles. The standard InChI is InChI=1S/C15H17F3O3/c16-15(17,18)12-6-11(7-13(19)8-12)14(20)21-9-10-4-2-1-3-5-10/h1-5,11-13,19H,6-9H2/t11-,12+,13-/m1/s1. The Balaban J connectivity index is 1.92. The van der Waals surface area contributed by atoms with Crippen LogP contribution in [0.25, 0.3) is 0 Å². The zero-order valence-electron chi connectivity index (χ0n) is 11.3. The summed E-state index contributed by atoms with van der Waals surface area (Å²) in [5.41, 5.74) is 0.773. The minimum Gasteiger partial charge on any atom is -0.461 e. The fourth-order valence-electron chi connectivity index (χ4n) is 2.60. The Kier molecular flexibility index (Phi) is 4.88. The molecule has 0 saturated heterocycles. The minimum atomic E-state index is -4.39. The first-order chi connectivity index (χ1) is 9.86. The molecule has 6 heteroatoms. The zero-order chi connectivity index (χ0) is 15.5. The molecular formula is C15H17F3O3. The Morgan fingerprint density at radius 2 is 1.86 bits per heavy atom. The molecule has 1 aromatic carbocycles. The van der Waals surface area contributed by atoms with Gasteiger partial charge in [-0.3, -0.25) is 4.79 Å². The van der Waals surface area contributed by atoms with Crippen LogP contribution in [0, 0.1) is 11.8 Å². The predicted octanol–water partition coefficient (Wildman–Crippen LogP) is 3.07. The van der Waals surface area contributed by atoms with Gasteiger partial charge in [0.1, 0.15) is 6.61 Å². The van der Waals surface area contributed by atoms with Crippen molar-refractivity contribution < 1.29 is 27.8 Å². The smallest absolute Gasteiger partial charge is 0.391 e. The van der Waals surface area contributed by atoms with Gasteiger partial charge in [-0.05, 0) is 24.8 Å². The maximum Gasteiger partial charge on any atom is 0.391 e. The number of carbonyl (C=O) groups is 1. The lowest BCUT2D eigenvalue weighted by Gasteiger charge is -2.32. The number of benzene rings is 1. The molecule has 1 aliphatic rings. The van der Waals surface area contributed by atoms with Gasteiger partial charge in [0.05, 0.1) is 17.9 Å². The van der Waals surface area contributed by atoms with Crippen molar-refractivity contribution in [3.05, 3.63) is 35.9 Å². The van der Waals surface area contributed by atoms with E-state index in [9.17, 15) is 23.1 Å². The Hall–Kier alpha value is -1.56. The average molecular weight is 302 g/mol. The summed E-state index contributed by atoms with van der Waals surface area (Å²) >= 11 is 0. The highest BCUT2D eigenvalue weighted by Crippen LogP contribution is 2.40. The van der Waals surface area contributed by atoms with E-state index in [1.165, 1.54) is 0 Å². The number of rotatable bonds is 3. The van der Waals surface area contributed by atoms with Crippen LogP contribution >= 0.6 is 0 Å². The fraction of sp³-hybridized carbons (Fsp3) is 0.533. The van der Waals surface area contributed by atoms with E-state index in [1.54, 1.807) is 24.3 Å². The molecule has 1 aliphatic carbocycles. The molecule has 3 atom stereocenters. The Morgan fingerprint density at radius 1 is 1.19 bits per heavy atom. The first-order valence-electron chi connectivity index (χ1n) is 6.81. The lowest BCUT2D eigenvalue weighted by atomic mass is 9.79. The third-order valence-corrected chi connectivity index (χ3v) is 3.70. The highest BCUT2D eigenvalue weighted by atomic mass is 19.4. The maximum absolute atomic E-state index is 12.7. The Morgan fingerprint density at radius 3 is 2.48 bits per heavy atom. The maximum atomic E-state index is 12.7. The quantitative estimate of drug-likeness (QED) is 0.873. The van der Waals surface area contributed by atoms with E-state index in [4.69, 9.17) is 4.74 Å². The van der Waals surface area contributed by atoms with Gasteiger partial charge in [-0.15, -0.1) is 0 Å². The number of aliphatic hydroxyl groups is 1. The number of hydrogen-bond donors (Lipinski definition) is 1. The van der Waals surface area contributed by atoms with E-state index >= 15 is 0 Å². The van der Waals surface area contributed by atoms with E-state index in [0.29, 0.717) is 0 Å². The van der Waals surface area contributed by atoms with E-state index < -0.39 is 30.1 Å². The van der Waals surface area contributed by atoms with Gasteiger partial charge in [-0.2, -0.15) is 13.2 Å². The number of ether oxygens (including phenoxy) is 1.